The minimum Gasteiger partial charge on any atom is -0.340 e. The molecule has 0 aromatic rings. The number of carbonyl (C=O) groups excluding carboxylic acids is 1. The van der Waals surface area contributed by atoms with E-state index in [0.29, 0.717) is 11.8 Å². The van der Waals surface area contributed by atoms with E-state index >= 15 is 0 Å². The molecule has 1 saturated carbocycles. The molecule has 2 aliphatic heterocycles. The first kappa shape index (κ1) is 18.2. The van der Waals surface area contributed by atoms with Gasteiger partial charge in [-0.3, -0.25) is 9.69 Å². The maximum atomic E-state index is 12.6. The summed E-state index contributed by atoms with van der Waals surface area (Å²) in [4.78, 5) is 17.4. The summed E-state index contributed by atoms with van der Waals surface area (Å²) in [5.41, 5.74) is 0. The highest BCUT2D eigenvalue weighted by Gasteiger charge is 2.27. The summed E-state index contributed by atoms with van der Waals surface area (Å²) < 4.78 is 0. The number of hydrogen-bond donors (Lipinski definition) is 1. The molecule has 2 saturated heterocycles. The van der Waals surface area contributed by atoms with E-state index in [1.807, 2.05) is 0 Å². The van der Waals surface area contributed by atoms with Crippen molar-refractivity contribution in [3.8, 4) is 0 Å². The number of nitrogens with zero attached hydrogens (tertiary/aromatic N) is 2. The first-order valence-corrected chi connectivity index (χ1v) is 10.4. The monoisotopic (exact) mass is 335 g/mol. The van der Waals surface area contributed by atoms with Crippen LogP contribution in [0.25, 0.3) is 0 Å². The maximum absolute atomic E-state index is 12.6. The number of rotatable bonds is 5. The molecule has 4 nitrogen and oxygen atoms in total. The second-order valence-corrected chi connectivity index (χ2v) is 8.45. The Bertz CT molecular complexity index is 380. The average molecular weight is 336 g/mol. The number of amides is 1. The number of carbonyl (C=O) groups is 1. The summed E-state index contributed by atoms with van der Waals surface area (Å²) >= 11 is 0. The van der Waals surface area contributed by atoms with E-state index in [9.17, 15) is 4.79 Å². The van der Waals surface area contributed by atoms with Crippen molar-refractivity contribution >= 4 is 5.91 Å². The van der Waals surface area contributed by atoms with Crippen LogP contribution in [0.3, 0.4) is 0 Å². The summed E-state index contributed by atoms with van der Waals surface area (Å²) in [6.45, 7) is 9.88. The highest BCUT2D eigenvalue weighted by molar-refractivity contribution is 5.76. The van der Waals surface area contributed by atoms with E-state index in [1.165, 1.54) is 51.5 Å². The molecule has 24 heavy (non-hydrogen) atoms. The van der Waals surface area contributed by atoms with Crippen molar-refractivity contribution in [2.24, 2.45) is 17.8 Å². The van der Waals surface area contributed by atoms with E-state index in [-0.39, 0.29) is 0 Å². The van der Waals surface area contributed by atoms with Crippen molar-refractivity contribution in [3.63, 3.8) is 0 Å². The lowest BCUT2D eigenvalue weighted by Gasteiger charge is -2.38. The number of nitrogens with one attached hydrogen (secondary N) is 1. The van der Waals surface area contributed by atoms with Crippen LogP contribution in [-0.2, 0) is 4.79 Å². The van der Waals surface area contributed by atoms with Crippen molar-refractivity contribution in [1.82, 2.24) is 15.1 Å². The van der Waals surface area contributed by atoms with E-state index < -0.39 is 0 Å². The molecule has 1 N–H and O–H groups in total. The van der Waals surface area contributed by atoms with Gasteiger partial charge < -0.3 is 10.2 Å². The van der Waals surface area contributed by atoms with E-state index in [1.54, 1.807) is 0 Å². The lowest BCUT2D eigenvalue weighted by Crippen LogP contribution is -2.50. The fourth-order valence-corrected chi connectivity index (χ4v) is 4.90. The quantitative estimate of drug-likeness (QED) is 0.839. The Kier molecular flexibility index (Phi) is 6.96. The SMILES string of the molecule is CC(CC(=O)N1CCN(CC2CCCCC2)CC1)C1CCNCC1. The molecule has 0 aromatic heterocycles. The molecule has 0 bridgehead atoms. The van der Waals surface area contributed by atoms with Crippen molar-refractivity contribution in [2.75, 3.05) is 45.8 Å². The van der Waals surface area contributed by atoms with Crippen molar-refractivity contribution in [1.29, 1.82) is 0 Å². The Morgan fingerprint density at radius 1 is 1.00 bits per heavy atom. The van der Waals surface area contributed by atoms with Gasteiger partial charge in [0.2, 0.25) is 5.91 Å². The summed E-state index contributed by atoms with van der Waals surface area (Å²) in [5.74, 6) is 2.60. The van der Waals surface area contributed by atoms with Crippen LogP contribution in [0.1, 0.15) is 58.3 Å². The van der Waals surface area contributed by atoms with Crippen LogP contribution in [0.5, 0.6) is 0 Å². The van der Waals surface area contributed by atoms with Crippen LogP contribution < -0.4 is 5.32 Å². The van der Waals surface area contributed by atoms with Crippen LogP contribution in [0.4, 0.5) is 0 Å². The minimum absolute atomic E-state index is 0.401. The molecule has 2 heterocycles. The summed E-state index contributed by atoms with van der Waals surface area (Å²) in [6, 6.07) is 0. The molecule has 1 aliphatic carbocycles. The molecular weight excluding hydrogens is 298 g/mol. The van der Waals surface area contributed by atoms with Crippen LogP contribution in [-0.4, -0.2) is 61.5 Å². The fraction of sp³-hybridized carbons (Fsp3) is 0.950. The highest BCUT2D eigenvalue weighted by Crippen LogP contribution is 2.26. The molecule has 1 amide bonds. The molecular formula is C20H37N3O. The van der Waals surface area contributed by atoms with Crippen LogP contribution in [0.2, 0.25) is 0 Å². The largest absolute Gasteiger partial charge is 0.340 e. The third kappa shape index (κ3) is 5.19. The van der Waals surface area contributed by atoms with Gasteiger partial charge in [0, 0.05) is 39.1 Å². The number of piperazine rings is 1. The number of piperidine rings is 1. The van der Waals surface area contributed by atoms with Gasteiger partial charge in [-0.2, -0.15) is 0 Å². The van der Waals surface area contributed by atoms with Gasteiger partial charge in [-0.1, -0.05) is 26.2 Å². The molecule has 1 unspecified atom stereocenters. The van der Waals surface area contributed by atoms with Crippen molar-refractivity contribution < 1.29 is 4.79 Å². The van der Waals surface area contributed by atoms with Crippen LogP contribution >= 0.6 is 0 Å². The second kappa shape index (κ2) is 9.19. The Balaban J connectivity index is 1.36. The van der Waals surface area contributed by atoms with Gasteiger partial charge in [-0.05, 0) is 56.5 Å². The third-order valence-electron chi connectivity index (χ3n) is 6.65. The second-order valence-electron chi connectivity index (χ2n) is 8.45. The van der Waals surface area contributed by atoms with Gasteiger partial charge in [-0.15, -0.1) is 0 Å². The predicted octanol–water partition coefficient (Wildman–Crippen LogP) is 2.74. The molecule has 0 radical (unpaired) electrons. The van der Waals surface area contributed by atoms with Crippen LogP contribution in [0.15, 0.2) is 0 Å². The average Bonchev–Trinajstić information content (AvgIpc) is 2.64. The molecule has 138 valence electrons. The van der Waals surface area contributed by atoms with Crippen molar-refractivity contribution in [3.05, 3.63) is 0 Å². The van der Waals surface area contributed by atoms with Gasteiger partial charge in [0.15, 0.2) is 0 Å². The van der Waals surface area contributed by atoms with Gasteiger partial charge in [0.1, 0.15) is 0 Å². The topological polar surface area (TPSA) is 35.6 Å². The van der Waals surface area contributed by atoms with Gasteiger partial charge in [-0.25, -0.2) is 0 Å². The maximum Gasteiger partial charge on any atom is 0.222 e. The first-order chi connectivity index (χ1) is 11.7. The molecule has 4 heteroatoms. The molecule has 3 rings (SSSR count). The Morgan fingerprint density at radius 3 is 2.33 bits per heavy atom. The molecule has 0 aromatic carbocycles. The predicted molar refractivity (Wildman–Crippen MR) is 99.0 cm³/mol. The smallest absolute Gasteiger partial charge is 0.222 e. The zero-order valence-electron chi connectivity index (χ0n) is 15.6. The normalized spacial score (nSPS) is 26.5. The van der Waals surface area contributed by atoms with Crippen LogP contribution in [0, 0.1) is 17.8 Å². The number of hydrogen-bond acceptors (Lipinski definition) is 3. The minimum atomic E-state index is 0.401. The summed E-state index contributed by atoms with van der Waals surface area (Å²) in [6.07, 6.45) is 10.4. The molecule has 3 aliphatic rings. The van der Waals surface area contributed by atoms with Crippen molar-refractivity contribution in [2.45, 2.75) is 58.3 Å². The standard InChI is InChI=1S/C20H37N3O/c1-17(19-7-9-21-10-8-19)15-20(24)23-13-11-22(12-14-23)16-18-5-3-2-4-6-18/h17-19,21H,2-16H2,1H3. The highest BCUT2D eigenvalue weighted by atomic mass is 16.2. The first-order valence-electron chi connectivity index (χ1n) is 10.4. The van der Waals surface area contributed by atoms with E-state index in [2.05, 4.69) is 22.0 Å². The zero-order valence-corrected chi connectivity index (χ0v) is 15.6. The fourth-order valence-electron chi connectivity index (χ4n) is 4.90. The third-order valence-corrected chi connectivity index (χ3v) is 6.65. The molecule has 3 fully saturated rings. The summed E-state index contributed by atoms with van der Waals surface area (Å²) in [7, 11) is 0. The van der Waals surface area contributed by atoms with E-state index in [0.717, 1.165) is 57.5 Å². The zero-order chi connectivity index (χ0) is 16.8. The lowest BCUT2D eigenvalue weighted by atomic mass is 9.84. The Labute approximate surface area is 148 Å². The lowest BCUT2D eigenvalue weighted by molar-refractivity contribution is -0.134. The Hall–Kier alpha value is -0.610. The summed E-state index contributed by atoms with van der Waals surface area (Å²) in [5, 5.41) is 3.42. The molecule has 0 spiro atoms. The van der Waals surface area contributed by atoms with E-state index in [4.69, 9.17) is 0 Å². The molecule has 1 atom stereocenters. The van der Waals surface area contributed by atoms with Gasteiger partial charge >= 0.3 is 0 Å². The van der Waals surface area contributed by atoms with Gasteiger partial charge in [0.25, 0.3) is 0 Å². The van der Waals surface area contributed by atoms with Gasteiger partial charge in [0.05, 0.1) is 0 Å². The Morgan fingerprint density at radius 2 is 1.67 bits per heavy atom.